The lowest BCUT2D eigenvalue weighted by Crippen LogP contribution is -2.44. The van der Waals surface area contributed by atoms with E-state index < -0.39 is 0 Å². The van der Waals surface area contributed by atoms with Gasteiger partial charge in [0, 0.05) is 6.54 Å². The number of aromatic nitrogens is 2. The summed E-state index contributed by atoms with van der Waals surface area (Å²) in [5, 5.41) is 0. The van der Waals surface area contributed by atoms with E-state index in [1.165, 1.54) is 0 Å². The van der Waals surface area contributed by atoms with Gasteiger partial charge in [0.25, 0.3) is 0 Å². The third-order valence-electron chi connectivity index (χ3n) is 4.77. The first-order chi connectivity index (χ1) is 12.2. The third kappa shape index (κ3) is 3.03. The monoisotopic (exact) mass is 335 g/mol. The molecule has 4 rings (SSSR count). The van der Waals surface area contributed by atoms with Gasteiger partial charge in [-0.1, -0.05) is 42.5 Å². The summed E-state index contributed by atoms with van der Waals surface area (Å²) in [6, 6.07) is 18.0. The van der Waals surface area contributed by atoms with Crippen LogP contribution in [0.15, 0.2) is 54.6 Å². The molecule has 0 N–H and O–H groups in total. The van der Waals surface area contributed by atoms with Crippen LogP contribution in [0.4, 0.5) is 0 Å². The summed E-state index contributed by atoms with van der Waals surface area (Å²) >= 11 is 0. The highest BCUT2D eigenvalue weighted by Crippen LogP contribution is 2.25. The van der Waals surface area contributed by atoms with E-state index in [1.54, 1.807) is 0 Å². The fourth-order valence-electron chi connectivity index (χ4n) is 3.48. The number of ether oxygens (including phenoxy) is 1. The molecular weight excluding hydrogens is 314 g/mol. The molecule has 1 amide bonds. The molecule has 0 bridgehead atoms. The number of hydrogen-bond acceptors (Lipinski definition) is 3. The molecule has 1 saturated heterocycles. The van der Waals surface area contributed by atoms with E-state index in [2.05, 4.69) is 17.1 Å². The molecule has 0 aliphatic carbocycles. The lowest BCUT2D eigenvalue weighted by Gasteiger charge is -2.36. The van der Waals surface area contributed by atoms with E-state index in [-0.39, 0.29) is 11.9 Å². The maximum atomic E-state index is 13.1. The quantitative estimate of drug-likeness (QED) is 0.739. The fourth-order valence-corrected chi connectivity index (χ4v) is 3.48. The Kier molecular flexibility index (Phi) is 4.24. The van der Waals surface area contributed by atoms with Crippen molar-refractivity contribution >= 4 is 16.9 Å². The summed E-state index contributed by atoms with van der Waals surface area (Å²) in [6.45, 7) is 3.99. The van der Waals surface area contributed by atoms with Crippen LogP contribution in [0.2, 0.25) is 0 Å². The van der Waals surface area contributed by atoms with Gasteiger partial charge in [0.2, 0.25) is 5.91 Å². The van der Waals surface area contributed by atoms with Gasteiger partial charge in [-0.2, -0.15) is 0 Å². The minimum atomic E-state index is -0.0301. The van der Waals surface area contributed by atoms with Crippen LogP contribution in [-0.4, -0.2) is 40.1 Å². The number of nitrogens with zero attached hydrogens (tertiary/aromatic N) is 3. The lowest BCUT2D eigenvalue weighted by molar-refractivity contribution is -0.140. The predicted molar refractivity (Wildman–Crippen MR) is 96.2 cm³/mol. The van der Waals surface area contributed by atoms with Crippen molar-refractivity contribution in [2.45, 2.75) is 19.5 Å². The number of imidazole rings is 1. The first-order valence-corrected chi connectivity index (χ1v) is 8.58. The first-order valence-electron chi connectivity index (χ1n) is 8.58. The van der Waals surface area contributed by atoms with Gasteiger partial charge < -0.3 is 14.2 Å². The average Bonchev–Trinajstić information content (AvgIpc) is 2.98. The van der Waals surface area contributed by atoms with Crippen LogP contribution < -0.4 is 0 Å². The zero-order valence-electron chi connectivity index (χ0n) is 14.3. The Bertz CT molecular complexity index is 888. The second-order valence-corrected chi connectivity index (χ2v) is 6.32. The highest BCUT2D eigenvalue weighted by molar-refractivity contribution is 5.81. The molecule has 0 saturated carbocycles. The van der Waals surface area contributed by atoms with Crippen molar-refractivity contribution in [3.05, 3.63) is 66.0 Å². The molecule has 1 atom stereocenters. The molecule has 3 aromatic rings. The van der Waals surface area contributed by atoms with Gasteiger partial charge in [-0.05, 0) is 24.6 Å². The Balaban J connectivity index is 1.61. The Labute approximate surface area is 146 Å². The van der Waals surface area contributed by atoms with Crippen molar-refractivity contribution in [1.29, 1.82) is 0 Å². The second kappa shape index (κ2) is 6.69. The number of fused-ring (bicyclic) bond motifs is 1. The molecule has 5 nitrogen and oxygen atoms in total. The normalized spacial score (nSPS) is 17.8. The summed E-state index contributed by atoms with van der Waals surface area (Å²) in [4.78, 5) is 19.6. The first kappa shape index (κ1) is 15.8. The number of rotatable bonds is 3. The van der Waals surface area contributed by atoms with Crippen LogP contribution in [0.5, 0.6) is 0 Å². The van der Waals surface area contributed by atoms with Gasteiger partial charge in [-0.25, -0.2) is 4.98 Å². The molecule has 2 heterocycles. The molecule has 1 aliphatic rings. The van der Waals surface area contributed by atoms with E-state index in [4.69, 9.17) is 4.74 Å². The minimum absolute atomic E-state index is 0.0301. The molecule has 5 heteroatoms. The molecule has 1 aliphatic heterocycles. The molecule has 1 aromatic heterocycles. The Hall–Kier alpha value is -2.66. The molecule has 0 spiro atoms. The van der Waals surface area contributed by atoms with E-state index in [9.17, 15) is 4.79 Å². The lowest BCUT2D eigenvalue weighted by atomic mass is 10.0. The van der Waals surface area contributed by atoms with Crippen molar-refractivity contribution < 1.29 is 9.53 Å². The maximum absolute atomic E-state index is 13.1. The van der Waals surface area contributed by atoms with Crippen molar-refractivity contribution in [3.63, 3.8) is 0 Å². The molecule has 0 unspecified atom stereocenters. The van der Waals surface area contributed by atoms with Crippen molar-refractivity contribution in [3.8, 4) is 0 Å². The van der Waals surface area contributed by atoms with Gasteiger partial charge in [0.05, 0.1) is 30.3 Å². The Morgan fingerprint density at radius 1 is 1.16 bits per heavy atom. The number of hydrogen-bond donors (Lipinski definition) is 0. The molecule has 128 valence electrons. The number of morpholine rings is 1. The van der Waals surface area contributed by atoms with Crippen LogP contribution in [0, 0.1) is 6.92 Å². The van der Waals surface area contributed by atoms with Gasteiger partial charge in [-0.3, -0.25) is 4.79 Å². The molecule has 0 radical (unpaired) electrons. The van der Waals surface area contributed by atoms with Gasteiger partial charge in [-0.15, -0.1) is 0 Å². The number of amides is 1. The van der Waals surface area contributed by atoms with E-state index in [0.29, 0.717) is 26.3 Å². The number of carbonyl (C=O) groups excluding carboxylic acids is 1. The van der Waals surface area contributed by atoms with Gasteiger partial charge >= 0.3 is 0 Å². The third-order valence-corrected chi connectivity index (χ3v) is 4.77. The molecule has 2 aromatic carbocycles. The number of benzene rings is 2. The van der Waals surface area contributed by atoms with E-state index in [0.717, 1.165) is 22.4 Å². The van der Waals surface area contributed by atoms with Crippen LogP contribution in [0.25, 0.3) is 11.0 Å². The predicted octanol–water partition coefficient (Wildman–Crippen LogP) is 2.94. The topological polar surface area (TPSA) is 47.4 Å². The van der Waals surface area contributed by atoms with Crippen LogP contribution in [0.1, 0.15) is 17.4 Å². The largest absolute Gasteiger partial charge is 0.377 e. The number of carbonyl (C=O) groups is 1. The zero-order valence-corrected chi connectivity index (χ0v) is 14.3. The minimum Gasteiger partial charge on any atom is -0.377 e. The van der Waals surface area contributed by atoms with Crippen molar-refractivity contribution in [2.24, 2.45) is 0 Å². The van der Waals surface area contributed by atoms with Crippen LogP contribution >= 0.6 is 0 Å². The Morgan fingerprint density at radius 2 is 1.92 bits per heavy atom. The number of aryl methyl sites for hydroxylation is 1. The summed E-state index contributed by atoms with van der Waals surface area (Å²) in [5.74, 6) is 0.961. The fraction of sp³-hybridized carbons (Fsp3) is 0.300. The highest BCUT2D eigenvalue weighted by Gasteiger charge is 2.29. The van der Waals surface area contributed by atoms with Crippen LogP contribution in [-0.2, 0) is 16.1 Å². The Morgan fingerprint density at radius 3 is 2.76 bits per heavy atom. The zero-order chi connectivity index (χ0) is 17.2. The smallest absolute Gasteiger partial charge is 0.243 e. The molecular formula is C20H21N3O2. The SMILES string of the molecule is Cc1nc2ccccc2n1CC(=O)N1CCOC[C@@H]1c1ccccc1. The maximum Gasteiger partial charge on any atom is 0.243 e. The van der Waals surface area contributed by atoms with Crippen molar-refractivity contribution in [1.82, 2.24) is 14.5 Å². The molecule has 1 fully saturated rings. The standard InChI is InChI=1S/C20H21N3O2/c1-15-21-17-9-5-6-10-18(17)23(15)13-20(24)22-11-12-25-14-19(22)16-7-3-2-4-8-16/h2-10,19H,11-14H2,1H3/t19-/m1/s1. The van der Waals surface area contributed by atoms with Gasteiger partial charge in [0.1, 0.15) is 12.4 Å². The van der Waals surface area contributed by atoms with Crippen LogP contribution in [0.3, 0.4) is 0 Å². The van der Waals surface area contributed by atoms with Gasteiger partial charge in [0.15, 0.2) is 0 Å². The summed E-state index contributed by atoms with van der Waals surface area (Å²) in [6.07, 6.45) is 0. The summed E-state index contributed by atoms with van der Waals surface area (Å²) < 4.78 is 7.63. The number of para-hydroxylation sites is 2. The van der Waals surface area contributed by atoms with E-state index >= 15 is 0 Å². The van der Waals surface area contributed by atoms with Crippen molar-refractivity contribution in [2.75, 3.05) is 19.8 Å². The summed E-state index contributed by atoms with van der Waals surface area (Å²) in [7, 11) is 0. The second-order valence-electron chi connectivity index (χ2n) is 6.32. The highest BCUT2D eigenvalue weighted by atomic mass is 16.5. The average molecular weight is 335 g/mol. The summed E-state index contributed by atoms with van der Waals surface area (Å²) in [5.41, 5.74) is 3.04. The van der Waals surface area contributed by atoms with E-state index in [1.807, 2.05) is 58.9 Å². The molecule has 25 heavy (non-hydrogen) atoms.